The third-order valence-electron chi connectivity index (χ3n) is 5.18. The number of nitrogens with zero attached hydrogens (tertiary/aromatic N) is 5. The fraction of sp³-hybridized carbons (Fsp3) is 0.450. The third kappa shape index (κ3) is 3.78. The minimum absolute atomic E-state index is 0.0417. The van der Waals surface area contributed by atoms with Gasteiger partial charge in [-0.2, -0.15) is 10.4 Å². The summed E-state index contributed by atoms with van der Waals surface area (Å²) in [7, 11) is 2.17. The number of rotatable bonds is 4. The van der Waals surface area contributed by atoms with Crippen LogP contribution >= 0.6 is 0 Å². The number of likely N-dealkylation sites (N-methyl/N-ethyl adjacent to an activating group) is 1. The summed E-state index contributed by atoms with van der Waals surface area (Å²) in [6.45, 7) is 10.2. The Morgan fingerprint density at radius 3 is 2.35 bits per heavy atom. The Morgan fingerprint density at radius 2 is 1.73 bits per heavy atom. The second-order valence-electron chi connectivity index (χ2n) is 6.99. The molecular formula is C20H26N6. The Hall–Kier alpha value is -2.65. The second-order valence-corrected chi connectivity index (χ2v) is 6.99. The van der Waals surface area contributed by atoms with Gasteiger partial charge in [-0.05, 0) is 51.1 Å². The molecule has 1 N–H and O–H groups in total. The van der Waals surface area contributed by atoms with Crippen molar-refractivity contribution in [1.29, 1.82) is 5.26 Å². The Bertz CT molecular complexity index is 800. The third-order valence-corrected chi connectivity index (χ3v) is 5.18. The van der Waals surface area contributed by atoms with Gasteiger partial charge >= 0.3 is 0 Å². The summed E-state index contributed by atoms with van der Waals surface area (Å²) in [6.07, 6.45) is 0. The number of aromatic nitrogens is 2. The molecule has 0 amide bonds. The number of nitriles is 1. The van der Waals surface area contributed by atoms with Crippen LogP contribution in [0.5, 0.6) is 0 Å². The van der Waals surface area contributed by atoms with E-state index in [2.05, 4.69) is 69.6 Å². The van der Waals surface area contributed by atoms with Gasteiger partial charge in [0, 0.05) is 31.9 Å². The van der Waals surface area contributed by atoms with Gasteiger partial charge in [-0.25, -0.2) is 0 Å². The molecule has 0 bridgehead atoms. The molecular weight excluding hydrogens is 324 g/mol. The van der Waals surface area contributed by atoms with Crippen molar-refractivity contribution in [3.8, 4) is 6.07 Å². The topological polar surface area (TPSA) is 68.1 Å². The highest BCUT2D eigenvalue weighted by Gasteiger charge is 2.16. The van der Waals surface area contributed by atoms with Crippen molar-refractivity contribution in [2.24, 2.45) is 0 Å². The van der Waals surface area contributed by atoms with Crippen LogP contribution in [0.1, 0.15) is 35.3 Å². The van der Waals surface area contributed by atoms with Crippen LogP contribution in [0.25, 0.3) is 0 Å². The van der Waals surface area contributed by atoms with Crippen molar-refractivity contribution >= 4 is 11.5 Å². The maximum absolute atomic E-state index is 9.44. The van der Waals surface area contributed by atoms with Gasteiger partial charge in [-0.3, -0.25) is 0 Å². The molecule has 136 valence electrons. The molecule has 1 aromatic heterocycles. The maximum atomic E-state index is 9.44. The summed E-state index contributed by atoms with van der Waals surface area (Å²) >= 11 is 0. The highest BCUT2D eigenvalue weighted by atomic mass is 15.2. The summed E-state index contributed by atoms with van der Waals surface area (Å²) in [5, 5.41) is 21.1. The van der Waals surface area contributed by atoms with Crippen molar-refractivity contribution in [2.45, 2.75) is 26.8 Å². The smallest absolute Gasteiger partial charge is 0.167 e. The van der Waals surface area contributed by atoms with Gasteiger partial charge in [0.05, 0.1) is 11.7 Å². The molecule has 1 fully saturated rings. The van der Waals surface area contributed by atoms with Crippen molar-refractivity contribution in [2.75, 3.05) is 43.4 Å². The van der Waals surface area contributed by atoms with Crippen LogP contribution in [0.3, 0.4) is 0 Å². The number of anilines is 2. The Kier molecular flexibility index (Phi) is 5.38. The minimum Gasteiger partial charge on any atom is -0.369 e. The van der Waals surface area contributed by atoms with Crippen LogP contribution in [0.15, 0.2) is 24.3 Å². The van der Waals surface area contributed by atoms with Crippen LogP contribution in [0.4, 0.5) is 11.5 Å². The summed E-state index contributed by atoms with van der Waals surface area (Å²) < 4.78 is 0. The van der Waals surface area contributed by atoms with E-state index < -0.39 is 0 Å². The lowest BCUT2D eigenvalue weighted by atomic mass is 10.1. The van der Waals surface area contributed by atoms with E-state index in [0.717, 1.165) is 43.0 Å². The molecule has 0 aliphatic carbocycles. The van der Waals surface area contributed by atoms with Crippen LogP contribution in [0, 0.1) is 25.2 Å². The molecule has 6 nitrogen and oxygen atoms in total. The molecule has 1 aromatic carbocycles. The predicted octanol–water partition coefficient (Wildman–Crippen LogP) is 2.89. The van der Waals surface area contributed by atoms with Gasteiger partial charge in [-0.15, -0.1) is 5.10 Å². The summed E-state index contributed by atoms with van der Waals surface area (Å²) in [5.74, 6) is 0.547. The van der Waals surface area contributed by atoms with Crippen LogP contribution < -0.4 is 10.2 Å². The standard InChI is InChI=1S/C20H26N6/c1-14-15(2)23-24-20(19(14)13-21)22-16(3)17-5-7-18(8-6-17)26-11-9-25(4)10-12-26/h5-8,16H,9-12H2,1-4H3,(H,22,24). The molecule has 2 heterocycles. The second kappa shape index (κ2) is 7.71. The van der Waals surface area contributed by atoms with E-state index in [-0.39, 0.29) is 6.04 Å². The van der Waals surface area contributed by atoms with E-state index in [1.165, 1.54) is 5.69 Å². The molecule has 1 saturated heterocycles. The number of nitrogens with one attached hydrogen (secondary N) is 1. The predicted molar refractivity (Wildman–Crippen MR) is 104 cm³/mol. The molecule has 3 rings (SSSR count). The quantitative estimate of drug-likeness (QED) is 0.914. The first kappa shape index (κ1) is 18.2. The lowest BCUT2D eigenvalue weighted by Crippen LogP contribution is -2.44. The molecule has 1 aliphatic heterocycles. The molecule has 2 aromatic rings. The van der Waals surface area contributed by atoms with Crippen molar-refractivity contribution in [1.82, 2.24) is 15.1 Å². The van der Waals surface area contributed by atoms with E-state index in [9.17, 15) is 5.26 Å². The zero-order valence-corrected chi connectivity index (χ0v) is 16.0. The molecule has 0 radical (unpaired) electrons. The SMILES string of the molecule is Cc1nnc(NC(C)c2ccc(N3CCN(C)CC3)cc2)c(C#N)c1C. The van der Waals surface area contributed by atoms with Gasteiger partial charge in [0.1, 0.15) is 11.6 Å². The number of hydrogen-bond donors (Lipinski definition) is 1. The van der Waals surface area contributed by atoms with Gasteiger partial charge in [-0.1, -0.05) is 12.1 Å². The molecule has 0 spiro atoms. The average molecular weight is 350 g/mol. The Morgan fingerprint density at radius 1 is 1.08 bits per heavy atom. The van der Waals surface area contributed by atoms with Crippen molar-refractivity contribution in [3.05, 3.63) is 46.6 Å². The van der Waals surface area contributed by atoms with Crippen LogP contribution in [0.2, 0.25) is 0 Å². The molecule has 26 heavy (non-hydrogen) atoms. The first-order chi connectivity index (χ1) is 12.5. The van der Waals surface area contributed by atoms with Crippen LogP contribution in [-0.2, 0) is 0 Å². The van der Waals surface area contributed by atoms with Gasteiger partial charge in [0.15, 0.2) is 5.82 Å². The van der Waals surface area contributed by atoms with E-state index >= 15 is 0 Å². The zero-order chi connectivity index (χ0) is 18.7. The van der Waals surface area contributed by atoms with E-state index in [4.69, 9.17) is 0 Å². The summed E-state index contributed by atoms with van der Waals surface area (Å²) in [5.41, 5.74) is 4.65. The Balaban J connectivity index is 1.72. The Labute approximate surface area is 155 Å². The van der Waals surface area contributed by atoms with Gasteiger partial charge in [0.2, 0.25) is 0 Å². The minimum atomic E-state index is 0.0417. The van der Waals surface area contributed by atoms with Gasteiger partial charge < -0.3 is 15.1 Å². The molecule has 6 heteroatoms. The molecule has 0 saturated carbocycles. The summed E-state index contributed by atoms with van der Waals surface area (Å²) in [6, 6.07) is 10.9. The first-order valence-electron chi connectivity index (χ1n) is 9.03. The average Bonchev–Trinajstić information content (AvgIpc) is 2.66. The van der Waals surface area contributed by atoms with Crippen molar-refractivity contribution < 1.29 is 0 Å². The zero-order valence-electron chi connectivity index (χ0n) is 16.0. The number of piperazine rings is 1. The van der Waals surface area contributed by atoms with E-state index in [1.54, 1.807) is 0 Å². The first-order valence-corrected chi connectivity index (χ1v) is 9.03. The number of aryl methyl sites for hydroxylation is 1. The summed E-state index contributed by atoms with van der Waals surface area (Å²) in [4.78, 5) is 4.78. The highest BCUT2D eigenvalue weighted by molar-refractivity contribution is 5.57. The number of benzene rings is 1. The normalized spacial score (nSPS) is 16.2. The lowest BCUT2D eigenvalue weighted by Gasteiger charge is -2.34. The fourth-order valence-electron chi connectivity index (χ4n) is 3.17. The molecule has 1 unspecified atom stereocenters. The maximum Gasteiger partial charge on any atom is 0.167 e. The van der Waals surface area contributed by atoms with Gasteiger partial charge in [0.25, 0.3) is 0 Å². The number of hydrogen-bond acceptors (Lipinski definition) is 6. The lowest BCUT2D eigenvalue weighted by molar-refractivity contribution is 0.313. The highest BCUT2D eigenvalue weighted by Crippen LogP contribution is 2.25. The largest absolute Gasteiger partial charge is 0.369 e. The monoisotopic (exact) mass is 350 g/mol. The van der Waals surface area contributed by atoms with Crippen LogP contribution in [-0.4, -0.2) is 48.3 Å². The fourth-order valence-corrected chi connectivity index (χ4v) is 3.17. The molecule has 1 atom stereocenters. The van der Waals surface area contributed by atoms with Crippen molar-refractivity contribution in [3.63, 3.8) is 0 Å². The van der Waals surface area contributed by atoms with E-state index in [1.807, 2.05) is 13.8 Å². The van der Waals surface area contributed by atoms with E-state index in [0.29, 0.717) is 11.4 Å². The molecule has 1 aliphatic rings.